The summed E-state index contributed by atoms with van der Waals surface area (Å²) in [5.41, 5.74) is -23.5. The lowest BCUT2D eigenvalue weighted by Gasteiger charge is -2.51. The van der Waals surface area contributed by atoms with Gasteiger partial charge in [-0.1, -0.05) is 0 Å². The van der Waals surface area contributed by atoms with Crippen molar-refractivity contribution in [2.24, 2.45) is 10.8 Å². The fourth-order valence-corrected chi connectivity index (χ4v) is 2.89. The van der Waals surface area contributed by atoms with Gasteiger partial charge in [-0.25, -0.2) is 0 Å². The molecule has 0 N–H and O–H groups in total. The lowest BCUT2D eigenvalue weighted by molar-refractivity contribution is -0.423. The highest BCUT2D eigenvalue weighted by atomic mass is 19.4. The van der Waals surface area contributed by atoms with Gasteiger partial charge in [-0.2, -0.15) is 79.0 Å². The van der Waals surface area contributed by atoms with Gasteiger partial charge in [0.25, 0.3) is 11.2 Å². The first-order valence-electron chi connectivity index (χ1n) is 10.7. The van der Waals surface area contributed by atoms with E-state index in [2.05, 4.69) is 9.47 Å². The summed E-state index contributed by atoms with van der Waals surface area (Å²) < 4.78 is 257. The van der Waals surface area contributed by atoms with Crippen molar-refractivity contribution in [3.8, 4) is 0 Å². The molecule has 21 heteroatoms. The zero-order chi connectivity index (χ0) is 33.7. The Morgan fingerprint density at radius 2 is 0.561 bits per heavy atom. The molecule has 0 atom stereocenters. The number of hydrogen-bond acceptors (Lipinski definition) is 3. The second kappa shape index (κ2) is 11.0. The molecule has 0 aromatic carbocycles. The highest BCUT2D eigenvalue weighted by molar-refractivity contribution is 5.07. The third kappa shape index (κ3) is 7.59. The lowest BCUT2D eigenvalue weighted by atomic mass is 9.63. The molecule has 0 radical (unpaired) electrons. The van der Waals surface area contributed by atoms with Crippen LogP contribution in [0.3, 0.4) is 0 Å². The Hall–Kier alpha value is -1.38. The number of alkyl halides is 18. The van der Waals surface area contributed by atoms with E-state index < -0.39 is 105 Å². The van der Waals surface area contributed by atoms with Crippen LogP contribution in [0.1, 0.15) is 41.5 Å². The summed E-state index contributed by atoms with van der Waals surface area (Å²) >= 11 is 0. The number of ether oxygens (including phenoxy) is 3. The number of halogens is 18. The average molecular weight is 654 g/mol. The van der Waals surface area contributed by atoms with Gasteiger partial charge in [0.2, 0.25) is 0 Å². The Bertz CT molecular complexity index is 783. The Kier molecular flexibility index (Phi) is 10.6. The number of hydrogen-bond donors (Lipinski definition) is 0. The van der Waals surface area contributed by atoms with E-state index in [4.69, 9.17) is 4.74 Å². The van der Waals surface area contributed by atoms with Gasteiger partial charge in [-0.05, 0) is 41.5 Å². The predicted molar refractivity (Wildman–Crippen MR) is 101 cm³/mol. The van der Waals surface area contributed by atoms with Crippen molar-refractivity contribution in [3.05, 3.63) is 0 Å². The van der Waals surface area contributed by atoms with E-state index in [0.717, 1.165) is 20.8 Å². The average Bonchev–Trinajstić information content (AvgIpc) is 2.66. The highest BCUT2D eigenvalue weighted by Crippen LogP contribution is 2.62. The van der Waals surface area contributed by atoms with Crippen LogP contribution >= 0.6 is 0 Å². The molecule has 0 aliphatic rings. The molecule has 0 saturated heterocycles. The van der Waals surface area contributed by atoms with Crippen molar-refractivity contribution in [1.82, 2.24) is 0 Å². The van der Waals surface area contributed by atoms with Gasteiger partial charge < -0.3 is 14.2 Å². The minimum absolute atomic E-state index is 0.864. The van der Waals surface area contributed by atoms with Gasteiger partial charge in [-0.15, -0.1) is 0 Å². The van der Waals surface area contributed by atoms with E-state index in [-0.39, 0.29) is 0 Å². The van der Waals surface area contributed by atoms with E-state index in [0.29, 0.717) is 0 Å². The third-order valence-corrected chi connectivity index (χ3v) is 6.41. The normalized spacial score (nSPS) is 16.4. The van der Waals surface area contributed by atoms with Crippen LogP contribution in [-0.2, 0) is 14.2 Å². The molecule has 0 rings (SSSR count). The van der Waals surface area contributed by atoms with Crippen LogP contribution in [-0.4, -0.2) is 73.7 Å². The Morgan fingerprint density at radius 3 is 0.732 bits per heavy atom. The molecule has 0 amide bonds. The van der Waals surface area contributed by atoms with E-state index in [9.17, 15) is 79.0 Å². The predicted octanol–water partition coefficient (Wildman–Crippen LogP) is 8.72. The maximum Gasteiger partial charge on any atom is 0.426 e. The molecule has 0 spiro atoms. The summed E-state index contributed by atoms with van der Waals surface area (Å²) in [4.78, 5) is 0. The smallest absolute Gasteiger partial charge is 0.375 e. The van der Waals surface area contributed by atoms with Crippen LogP contribution in [0.2, 0.25) is 0 Å². The second-order valence-electron chi connectivity index (χ2n) is 10.4. The zero-order valence-electron chi connectivity index (χ0n) is 21.6. The molecule has 41 heavy (non-hydrogen) atoms. The maximum absolute atomic E-state index is 14.1. The summed E-state index contributed by atoms with van der Waals surface area (Å²) in [7, 11) is 0. The second-order valence-corrected chi connectivity index (χ2v) is 10.4. The van der Waals surface area contributed by atoms with Gasteiger partial charge in [0.1, 0.15) is 0 Å². The van der Waals surface area contributed by atoms with E-state index in [1.165, 1.54) is 0 Å². The summed E-state index contributed by atoms with van der Waals surface area (Å²) in [5, 5.41) is 0. The molecule has 0 heterocycles. The van der Waals surface area contributed by atoms with Gasteiger partial charge in [0.05, 0.1) is 30.8 Å². The monoisotopic (exact) mass is 654 g/mol. The maximum atomic E-state index is 14.1. The summed E-state index contributed by atoms with van der Waals surface area (Å²) in [6.45, 7) is -8.49. The van der Waals surface area contributed by atoms with Crippen LogP contribution in [0, 0.1) is 10.8 Å². The first-order valence-corrected chi connectivity index (χ1v) is 10.7. The van der Waals surface area contributed by atoms with Crippen LogP contribution in [0.4, 0.5) is 79.0 Å². The standard InChI is InChI=1S/C20H24F18O3/c1-10(2,3)39-7-14(11(4,15(21,22)23)16(24,25)26,8-40-12(5,17(27,28)29)18(30,31)32)9-41-13(6,19(33,34)35)20(36,37)38/h7-9H2,1-6H3. The summed E-state index contributed by atoms with van der Waals surface area (Å²) in [6, 6.07) is 0. The molecular weight excluding hydrogens is 630 g/mol. The third-order valence-electron chi connectivity index (χ3n) is 6.41. The minimum atomic E-state index is -6.82. The molecule has 0 aliphatic heterocycles. The van der Waals surface area contributed by atoms with Crippen LogP contribution in [0.5, 0.6) is 0 Å². The Balaban J connectivity index is 7.75. The summed E-state index contributed by atoms with van der Waals surface area (Å²) in [6.07, 6.45) is -40.1. The van der Waals surface area contributed by atoms with Crippen molar-refractivity contribution in [2.75, 3.05) is 19.8 Å². The molecule has 0 fully saturated rings. The first kappa shape index (κ1) is 39.6. The van der Waals surface area contributed by atoms with E-state index >= 15 is 0 Å². The molecule has 0 unspecified atom stereocenters. The minimum Gasteiger partial charge on any atom is -0.375 e. The fourth-order valence-electron chi connectivity index (χ4n) is 2.89. The van der Waals surface area contributed by atoms with Crippen molar-refractivity contribution in [2.45, 2.75) is 95.4 Å². The highest BCUT2D eigenvalue weighted by Gasteiger charge is 2.79. The van der Waals surface area contributed by atoms with Gasteiger partial charge in [-0.3, -0.25) is 0 Å². The quantitative estimate of drug-likeness (QED) is 0.233. The van der Waals surface area contributed by atoms with Crippen LogP contribution in [0.15, 0.2) is 0 Å². The number of rotatable bonds is 9. The van der Waals surface area contributed by atoms with E-state index in [1.54, 1.807) is 0 Å². The topological polar surface area (TPSA) is 27.7 Å². The molecule has 0 aromatic rings. The zero-order valence-corrected chi connectivity index (χ0v) is 21.6. The van der Waals surface area contributed by atoms with Crippen molar-refractivity contribution in [3.63, 3.8) is 0 Å². The van der Waals surface area contributed by atoms with Crippen LogP contribution < -0.4 is 0 Å². The van der Waals surface area contributed by atoms with Crippen molar-refractivity contribution >= 4 is 0 Å². The van der Waals surface area contributed by atoms with Crippen molar-refractivity contribution < 1.29 is 93.2 Å². The Labute approximate surface area is 220 Å². The summed E-state index contributed by atoms with van der Waals surface area (Å²) in [5.74, 6) is 0. The molecule has 0 bridgehead atoms. The molecule has 0 aliphatic carbocycles. The molecular formula is C20H24F18O3. The largest absolute Gasteiger partial charge is 0.426 e. The SMILES string of the molecule is CC(C)(C)OCC(COC(C)(C(F)(F)F)C(F)(F)F)(COC(C)(C(F)(F)F)C(F)(F)F)C(C)(C(F)(F)F)C(F)(F)F. The molecule has 248 valence electrons. The lowest BCUT2D eigenvalue weighted by Crippen LogP contribution is -2.68. The van der Waals surface area contributed by atoms with Gasteiger partial charge in [0.15, 0.2) is 5.41 Å². The first-order chi connectivity index (χ1) is 17.4. The fraction of sp³-hybridized carbons (Fsp3) is 1.00. The van der Waals surface area contributed by atoms with Crippen LogP contribution in [0.25, 0.3) is 0 Å². The molecule has 0 aromatic heterocycles. The van der Waals surface area contributed by atoms with Gasteiger partial charge in [0, 0.05) is 0 Å². The van der Waals surface area contributed by atoms with Crippen molar-refractivity contribution in [1.29, 1.82) is 0 Å². The molecule has 0 saturated carbocycles. The Morgan fingerprint density at radius 1 is 0.341 bits per heavy atom. The van der Waals surface area contributed by atoms with Gasteiger partial charge >= 0.3 is 37.1 Å². The molecule has 3 nitrogen and oxygen atoms in total. The van der Waals surface area contributed by atoms with E-state index in [1.807, 2.05) is 0 Å².